The van der Waals surface area contributed by atoms with Crippen LogP contribution in [0, 0.1) is 11.6 Å². The monoisotopic (exact) mass is 446 g/mol. The summed E-state index contributed by atoms with van der Waals surface area (Å²) in [6.45, 7) is 7.70. The molecule has 1 aromatic heterocycles. The Morgan fingerprint density at radius 2 is 1.81 bits per heavy atom. The number of benzene rings is 1. The molecule has 1 N–H and O–H groups in total. The molecule has 0 aliphatic carbocycles. The third-order valence-electron chi connectivity index (χ3n) is 4.69. The zero-order valence-electron chi connectivity index (χ0n) is 18.0. The highest BCUT2D eigenvalue weighted by molar-refractivity contribution is 7.90. The molecule has 0 atom stereocenters. The summed E-state index contributed by atoms with van der Waals surface area (Å²) in [5, 5.41) is 2.28. The summed E-state index contributed by atoms with van der Waals surface area (Å²) >= 11 is 4.54. The van der Waals surface area contributed by atoms with E-state index in [2.05, 4.69) is 32.8 Å². The van der Waals surface area contributed by atoms with Gasteiger partial charge in [0.2, 0.25) is 0 Å². The predicted octanol–water partition coefficient (Wildman–Crippen LogP) is 5.45. The van der Waals surface area contributed by atoms with Gasteiger partial charge < -0.3 is 10.2 Å². The zero-order chi connectivity index (χ0) is 22.8. The van der Waals surface area contributed by atoms with Crippen molar-refractivity contribution in [1.29, 1.82) is 0 Å². The Bertz CT molecular complexity index is 936. The van der Waals surface area contributed by atoms with Crippen molar-refractivity contribution in [3.63, 3.8) is 0 Å². The number of nitrogens with zero attached hydrogens (tertiary/aromatic N) is 3. The number of carbonyl (C=O) groups excluding carboxylic acids is 1. The minimum absolute atomic E-state index is 0.540. The lowest BCUT2D eigenvalue weighted by Gasteiger charge is -2.28. The highest BCUT2D eigenvalue weighted by atomic mass is 32.1. The molecule has 166 valence electrons. The lowest BCUT2D eigenvalue weighted by molar-refractivity contribution is 0.0970. The number of hydrogen-bond acceptors (Lipinski definition) is 5. The minimum atomic E-state index is -0.930. The van der Waals surface area contributed by atoms with Crippen molar-refractivity contribution >= 4 is 35.6 Å². The molecule has 5 nitrogen and oxygen atoms in total. The Balaban J connectivity index is 0.00000166. The first kappa shape index (κ1) is 24.5. The number of thiol groups is 1. The number of rotatable bonds is 5. The van der Waals surface area contributed by atoms with Gasteiger partial charge in [0.05, 0.1) is 12.0 Å². The first-order valence-electron chi connectivity index (χ1n) is 10.4. The molecule has 1 amide bonds. The molecule has 1 saturated heterocycles. The fourth-order valence-electron chi connectivity index (χ4n) is 3.11. The van der Waals surface area contributed by atoms with Gasteiger partial charge in [-0.3, -0.25) is 4.79 Å². The normalized spacial score (nSPS) is 14.6. The van der Waals surface area contributed by atoms with E-state index < -0.39 is 23.1 Å². The molecule has 0 spiro atoms. The lowest BCUT2D eigenvalue weighted by atomic mass is 10.1. The van der Waals surface area contributed by atoms with Crippen molar-refractivity contribution in [3.05, 3.63) is 65.0 Å². The molecule has 0 saturated carbocycles. The van der Waals surface area contributed by atoms with Crippen LogP contribution in [0.25, 0.3) is 4.91 Å². The summed E-state index contributed by atoms with van der Waals surface area (Å²) < 4.78 is 27.3. The average molecular weight is 447 g/mol. The first-order chi connectivity index (χ1) is 15.0. The zero-order valence-corrected chi connectivity index (χ0v) is 18.9. The van der Waals surface area contributed by atoms with Crippen LogP contribution in [-0.4, -0.2) is 30.3 Å². The van der Waals surface area contributed by atoms with E-state index in [9.17, 15) is 13.6 Å². The van der Waals surface area contributed by atoms with Crippen molar-refractivity contribution in [2.45, 2.75) is 40.0 Å². The Morgan fingerprint density at radius 3 is 2.45 bits per heavy atom. The Morgan fingerprint density at radius 1 is 1.16 bits per heavy atom. The maximum atomic E-state index is 13.7. The Hall–Kier alpha value is -2.74. The molecule has 1 aromatic carbocycles. The molecule has 0 unspecified atom stereocenters. The van der Waals surface area contributed by atoms with Gasteiger partial charge in [0.1, 0.15) is 23.0 Å². The number of halogens is 2. The molecule has 1 aliphatic heterocycles. The van der Waals surface area contributed by atoms with Crippen LogP contribution in [0.2, 0.25) is 0 Å². The SMILES string of the molecule is C/C(N=CNC(=O)c1c(F)cccc1F)=C(/S)c1ccnc(N2CCCCC2)c1.CC. The van der Waals surface area contributed by atoms with Gasteiger partial charge in [0, 0.05) is 24.2 Å². The van der Waals surface area contributed by atoms with Crippen LogP contribution >= 0.6 is 12.6 Å². The number of carbonyl (C=O) groups is 1. The fourth-order valence-corrected chi connectivity index (χ4v) is 3.30. The van der Waals surface area contributed by atoms with Crippen LogP contribution in [0.15, 0.2) is 47.2 Å². The van der Waals surface area contributed by atoms with Gasteiger partial charge in [0.25, 0.3) is 5.91 Å². The van der Waals surface area contributed by atoms with Crippen LogP contribution < -0.4 is 10.2 Å². The molecule has 3 rings (SSSR count). The molecule has 1 aliphatic rings. The van der Waals surface area contributed by atoms with E-state index in [0.717, 1.165) is 55.8 Å². The second-order valence-corrected chi connectivity index (χ2v) is 7.16. The van der Waals surface area contributed by atoms with Gasteiger partial charge in [-0.2, -0.15) is 0 Å². The average Bonchev–Trinajstić information content (AvgIpc) is 2.80. The van der Waals surface area contributed by atoms with Gasteiger partial charge in [0.15, 0.2) is 0 Å². The molecule has 0 bridgehead atoms. The third-order valence-corrected chi connectivity index (χ3v) is 5.27. The van der Waals surface area contributed by atoms with E-state index in [-0.39, 0.29) is 0 Å². The number of piperidine rings is 1. The number of aliphatic imine (C=N–C) groups is 1. The molecule has 2 heterocycles. The number of aromatic nitrogens is 1. The molecular formula is C23H28F2N4OS. The molecule has 0 radical (unpaired) electrons. The van der Waals surface area contributed by atoms with E-state index in [1.54, 1.807) is 13.1 Å². The lowest BCUT2D eigenvalue weighted by Crippen LogP contribution is -2.30. The summed E-state index contributed by atoms with van der Waals surface area (Å²) in [4.78, 5) is 23.4. The number of nitrogens with one attached hydrogen (secondary N) is 1. The largest absolute Gasteiger partial charge is 0.357 e. The van der Waals surface area contributed by atoms with Crippen molar-refractivity contribution < 1.29 is 13.6 Å². The quantitative estimate of drug-likeness (QED) is 0.365. The first-order valence-corrected chi connectivity index (χ1v) is 10.8. The molecule has 2 aromatic rings. The van der Waals surface area contributed by atoms with Crippen LogP contribution in [0.5, 0.6) is 0 Å². The summed E-state index contributed by atoms with van der Waals surface area (Å²) in [5.41, 5.74) is 0.746. The highest BCUT2D eigenvalue weighted by Gasteiger charge is 2.16. The summed E-state index contributed by atoms with van der Waals surface area (Å²) in [5.74, 6) is -1.87. The van der Waals surface area contributed by atoms with Crippen molar-refractivity contribution in [1.82, 2.24) is 10.3 Å². The molecular weight excluding hydrogens is 418 g/mol. The van der Waals surface area contributed by atoms with Gasteiger partial charge in [-0.1, -0.05) is 19.9 Å². The molecule has 8 heteroatoms. The maximum absolute atomic E-state index is 13.7. The number of anilines is 1. The minimum Gasteiger partial charge on any atom is -0.357 e. The molecule has 31 heavy (non-hydrogen) atoms. The predicted molar refractivity (Wildman–Crippen MR) is 126 cm³/mol. The fraction of sp³-hybridized carbons (Fsp3) is 0.348. The summed E-state index contributed by atoms with van der Waals surface area (Å²) in [6.07, 6.45) is 6.38. The van der Waals surface area contributed by atoms with E-state index in [1.165, 1.54) is 12.5 Å². The van der Waals surface area contributed by atoms with E-state index in [4.69, 9.17) is 0 Å². The number of pyridine rings is 1. The smallest absolute Gasteiger partial charge is 0.262 e. The van der Waals surface area contributed by atoms with Crippen LogP contribution in [0.3, 0.4) is 0 Å². The maximum Gasteiger partial charge on any atom is 0.262 e. The van der Waals surface area contributed by atoms with Crippen molar-refractivity contribution in [2.24, 2.45) is 4.99 Å². The Kier molecular flexibility index (Phi) is 9.65. The second kappa shape index (κ2) is 12.2. The van der Waals surface area contributed by atoms with Crippen LogP contribution in [0.4, 0.5) is 14.6 Å². The van der Waals surface area contributed by atoms with Crippen molar-refractivity contribution in [2.75, 3.05) is 18.0 Å². The van der Waals surface area contributed by atoms with Gasteiger partial charge in [-0.15, -0.1) is 12.6 Å². The van der Waals surface area contributed by atoms with Crippen LogP contribution in [-0.2, 0) is 0 Å². The number of hydrogen-bond donors (Lipinski definition) is 2. The second-order valence-electron chi connectivity index (χ2n) is 6.71. The van der Waals surface area contributed by atoms with Gasteiger partial charge in [-0.05, 0) is 56.0 Å². The van der Waals surface area contributed by atoms with Crippen LogP contribution in [0.1, 0.15) is 56.0 Å². The topological polar surface area (TPSA) is 57.6 Å². The number of amides is 1. The summed E-state index contributed by atoms with van der Waals surface area (Å²) in [7, 11) is 0. The molecule has 1 fully saturated rings. The number of allylic oxidation sites excluding steroid dienone is 1. The summed E-state index contributed by atoms with van der Waals surface area (Å²) in [6, 6.07) is 7.04. The highest BCUT2D eigenvalue weighted by Crippen LogP contribution is 2.26. The van der Waals surface area contributed by atoms with Gasteiger partial charge >= 0.3 is 0 Å². The van der Waals surface area contributed by atoms with Gasteiger partial charge in [-0.25, -0.2) is 18.8 Å². The third kappa shape index (κ3) is 6.62. The Labute approximate surface area is 187 Å². The van der Waals surface area contributed by atoms with E-state index in [1.807, 2.05) is 26.0 Å². The van der Waals surface area contributed by atoms with E-state index in [0.29, 0.717) is 10.6 Å². The van der Waals surface area contributed by atoms with E-state index >= 15 is 0 Å². The van der Waals surface area contributed by atoms with Crippen molar-refractivity contribution in [3.8, 4) is 0 Å². The standard InChI is InChI=1S/C21H22F2N4OS.C2H6/c1-14(25-13-26-21(28)19-16(22)6-5-7-17(19)23)20(29)15-8-9-24-18(12-15)27-10-3-2-4-11-27;1-2/h5-9,12-13,29H,2-4,10-11H2,1H3,(H,25,26,28);1-2H3/b20-14-;.